The Morgan fingerprint density at radius 3 is 1.62 bits per heavy atom. The summed E-state index contributed by atoms with van der Waals surface area (Å²) in [6.07, 6.45) is 18.8. The molecule has 0 aromatic rings. The SMILES string of the molecule is CCCCCCC(C)(C/C=[CH]/[Sn]([CH2]CCC)([CH2]CCC)[CH2]CCC)O[Si](C)(C)C. The van der Waals surface area contributed by atoms with Crippen molar-refractivity contribution < 1.29 is 4.43 Å². The van der Waals surface area contributed by atoms with Crippen LogP contribution in [-0.2, 0) is 4.43 Å². The van der Waals surface area contributed by atoms with Gasteiger partial charge < -0.3 is 0 Å². The second-order valence-corrected chi connectivity index (χ2v) is 28.2. The fourth-order valence-corrected chi connectivity index (χ4v) is 20.7. The second kappa shape index (κ2) is 16.4. The number of unbranched alkanes of at least 4 members (excludes halogenated alkanes) is 6. The van der Waals surface area contributed by atoms with E-state index in [1.54, 1.807) is 13.3 Å². The van der Waals surface area contributed by atoms with Crippen molar-refractivity contribution in [2.45, 2.75) is 150 Å². The van der Waals surface area contributed by atoms with Crippen molar-refractivity contribution in [2.24, 2.45) is 0 Å². The third-order valence-electron chi connectivity index (χ3n) is 6.22. The van der Waals surface area contributed by atoms with Crippen LogP contribution in [0.25, 0.3) is 0 Å². The quantitative estimate of drug-likeness (QED) is 0.119. The van der Waals surface area contributed by atoms with Crippen LogP contribution in [0, 0.1) is 0 Å². The van der Waals surface area contributed by atoms with Gasteiger partial charge in [0, 0.05) is 0 Å². The summed E-state index contributed by atoms with van der Waals surface area (Å²) in [6, 6.07) is 0. The average molecular weight is 532 g/mol. The monoisotopic (exact) mass is 532 g/mol. The fraction of sp³-hybridized carbons (Fsp3) is 0.923. The predicted octanol–water partition coefficient (Wildman–Crippen LogP) is 9.90. The molecule has 29 heavy (non-hydrogen) atoms. The molecule has 0 aliphatic rings. The molecule has 0 spiro atoms. The van der Waals surface area contributed by atoms with Gasteiger partial charge in [0.15, 0.2) is 0 Å². The zero-order valence-electron chi connectivity index (χ0n) is 21.7. The number of hydrogen-bond donors (Lipinski definition) is 0. The van der Waals surface area contributed by atoms with Crippen molar-refractivity contribution in [3.05, 3.63) is 10.2 Å². The zero-order valence-corrected chi connectivity index (χ0v) is 25.5. The van der Waals surface area contributed by atoms with Gasteiger partial charge in [0.2, 0.25) is 0 Å². The molecule has 0 saturated carbocycles. The summed E-state index contributed by atoms with van der Waals surface area (Å²) in [5.74, 6) is 0. The van der Waals surface area contributed by atoms with Crippen LogP contribution in [0.15, 0.2) is 10.2 Å². The van der Waals surface area contributed by atoms with Crippen LogP contribution >= 0.6 is 0 Å². The Labute approximate surface area is 190 Å². The van der Waals surface area contributed by atoms with E-state index in [1.807, 2.05) is 0 Å². The normalized spacial score (nSPS) is 15.2. The van der Waals surface area contributed by atoms with E-state index in [1.165, 1.54) is 70.6 Å². The first-order chi connectivity index (χ1) is 13.7. The van der Waals surface area contributed by atoms with Crippen LogP contribution < -0.4 is 0 Å². The minimum absolute atomic E-state index is 0.0482. The molecule has 3 heteroatoms. The van der Waals surface area contributed by atoms with Crippen LogP contribution in [0.3, 0.4) is 0 Å². The summed E-state index contributed by atoms with van der Waals surface area (Å²) < 4.78 is 14.3. The van der Waals surface area contributed by atoms with Crippen molar-refractivity contribution in [1.29, 1.82) is 0 Å². The summed E-state index contributed by atoms with van der Waals surface area (Å²) in [5.41, 5.74) is 0.0482. The molecule has 0 aliphatic heterocycles. The molecule has 1 unspecified atom stereocenters. The third-order valence-corrected chi connectivity index (χ3v) is 21.6. The van der Waals surface area contributed by atoms with Gasteiger partial charge in [0.1, 0.15) is 0 Å². The van der Waals surface area contributed by atoms with Gasteiger partial charge in [0.05, 0.1) is 0 Å². The summed E-state index contributed by atoms with van der Waals surface area (Å²) in [6.45, 7) is 18.9. The molecule has 0 N–H and O–H groups in total. The summed E-state index contributed by atoms with van der Waals surface area (Å²) in [5, 5.41) is 0. The summed E-state index contributed by atoms with van der Waals surface area (Å²) in [4.78, 5) is 0. The van der Waals surface area contributed by atoms with Gasteiger partial charge >= 0.3 is 192 Å². The molecular formula is C26H56OSiSn. The van der Waals surface area contributed by atoms with Gasteiger partial charge in [-0.05, 0) is 0 Å². The molecule has 174 valence electrons. The third kappa shape index (κ3) is 15.2. The van der Waals surface area contributed by atoms with E-state index < -0.39 is 26.7 Å². The molecular weight excluding hydrogens is 475 g/mol. The van der Waals surface area contributed by atoms with Gasteiger partial charge in [0.25, 0.3) is 0 Å². The zero-order chi connectivity index (χ0) is 22.2. The van der Waals surface area contributed by atoms with Crippen molar-refractivity contribution in [2.75, 3.05) is 0 Å². The van der Waals surface area contributed by atoms with Gasteiger partial charge in [-0.15, -0.1) is 0 Å². The topological polar surface area (TPSA) is 9.23 Å². The first-order valence-electron chi connectivity index (χ1n) is 13.0. The van der Waals surface area contributed by atoms with Crippen molar-refractivity contribution in [1.82, 2.24) is 0 Å². The molecule has 0 heterocycles. The van der Waals surface area contributed by atoms with E-state index in [9.17, 15) is 0 Å². The summed E-state index contributed by atoms with van der Waals surface area (Å²) in [7, 11) is -1.54. The van der Waals surface area contributed by atoms with Crippen LogP contribution in [0.1, 0.15) is 112 Å². The van der Waals surface area contributed by atoms with Gasteiger partial charge in [-0.3, -0.25) is 0 Å². The molecule has 0 bridgehead atoms. The van der Waals surface area contributed by atoms with Gasteiger partial charge in [-0.1, -0.05) is 0 Å². The Morgan fingerprint density at radius 2 is 1.21 bits per heavy atom. The Balaban J connectivity index is 5.31. The molecule has 0 aromatic heterocycles. The maximum atomic E-state index is 6.77. The van der Waals surface area contributed by atoms with Crippen LogP contribution in [0.4, 0.5) is 0 Å². The minimum atomic E-state index is -2.16. The standard InChI is InChI=1S/C14H29OSi.3C4H9.Sn/c1-7-9-10-11-13-14(3,12-8-2)15-16(4,5)6;3*1-3-4-2;/h2,8H,7,9-13H2,1,3-6H3;3*1,3-4H2,2H3;. The average Bonchev–Trinajstić information content (AvgIpc) is 2.64. The molecule has 0 radical (unpaired) electrons. The van der Waals surface area contributed by atoms with Crippen molar-refractivity contribution in [3.8, 4) is 0 Å². The molecule has 1 nitrogen and oxygen atoms in total. The number of hydrogen-bond acceptors (Lipinski definition) is 1. The molecule has 0 saturated heterocycles. The van der Waals surface area contributed by atoms with Crippen molar-refractivity contribution >= 4 is 26.7 Å². The van der Waals surface area contributed by atoms with E-state index in [4.69, 9.17) is 4.43 Å². The first-order valence-corrected chi connectivity index (χ1v) is 24.1. The van der Waals surface area contributed by atoms with E-state index in [-0.39, 0.29) is 5.60 Å². The Bertz CT molecular complexity index is 394. The van der Waals surface area contributed by atoms with E-state index in [2.05, 4.69) is 64.4 Å². The fourth-order valence-electron chi connectivity index (χ4n) is 4.63. The maximum absolute atomic E-state index is 6.77. The van der Waals surface area contributed by atoms with Gasteiger partial charge in [-0.2, -0.15) is 0 Å². The van der Waals surface area contributed by atoms with E-state index in [0.717, 1.165) is 6.42 Å². The predicted molar refractivity (Wildman–Crippen MR) is 140 cm³/mol. The molecule has 0 aromatic carbocycles. The van der Waals surface area contributed by atoms with Crippen LogP contribution in [0.5, 0.6) is 0 Å². The Morgan fingerprint density at radius 1 is 0.724 bits per heavy atom. The Hall–Kier alpha value is 0.716. The second-order valence-electron chi connectivity index (χ2n) is 10.8. The molecule has 0 amide bonds. The van der Waals surface area contributed by atoms with E-state index in [0.29, 0.717) is 0 Å². The molecule has 0 rings (SSSR count). The first kappa shape index (κ1) is 29.7. The van der Waals surface area contributed by atoms with Crippen LogP contribution in [0.2, 0.25) is 33.0 Å². The van der Waals surface area contributed by atoms with Crippen LogP contribution in [-0.4, -0.2) is 32.3 Å². The van der Waals surface area contributed by atoms with E-state index >= 15 is 0 Å². The van der Waals surface area contributed by atoms with Crippen molar-refractivity contribution in [3.63, 3.8) is 0 Å². The number of rotatable bonds is 19. The molecule has 0 fully saturated rings. The van der Waals surface area contributed by atoms with Gasteiger partial charge in [-0.25, -0.2) is 0 Å². The summed E-state index contributed by atoms with van der Waals surface area (Å²) >= 11 is -2.16. The molecule has 1 atom stereocenters. The Kier molecular flexibility index (Phi) is 16.8. The molecule has 0 aliphatic carbocycles.